The maximum absolute atomic E-state index is 12.7. The highest BCUT2D eigenvalue weighted by Gasteiger charge is 2.27. The summed E-state index contributed by atoms with van der Waals surface area (Å²) < 4.78 is 26.9. The van der Waals surface area contributed by atoms with Crippen molar-refractivity contribution in [1.82, 2.24) is 20.1 Å². The number of nitrogens with zero attached hydrogens (tertiary/aromatic N) is 2. The van der Waals surface area contributed by atoms with Gasteiger partial charge in [0.05, 0.1) is 4.90 Å². The van der Waals surface area contributed by atoms with Crippen LogP contribution >= 0.6 is 0 Å². The minimum absolute atomic E-state index is 0.0715. The maximum Gasteiger partial charge on any atom is 0.269 e. The van der Waals surface area contributed by atoms with Crippen LogP contribution < -0.4 is 10.9 Å². The molecule has 8 nitrogen and oxygen atoms in total. The van der Waals surface area contributed by atoms with Gasteiger partial charge in [0.25, 0.3) is 11.8 Å². The fraction of sp³-hybridized carbons (Fsp3) is 0.391. The zero-order chi connectivity index (χ0) is 23.1. The number of rotatable bonds is 8. The van der Waals surface area contributed by atoms with Gasteiger partial charge in [0.1, 0.15) is 0 Å². The normalized spacial score (nSPS) is 14.5. The summed E-state index contributed by atoms with van der Waals surface area (Å²) in [7, 11) is -3.62. The summed E-state index contributed by atoms with van der Waals surface area (Å²) in [5, 5.41) is 0. The second kappa shape index (κ2) is 10.7. The Morgan fingerprint density at radius 3 is 2.09 bits per heavy atom. The van der Waals surface area contributed by atoms with Crippen molar-refractivity contribution in [2.75, 3.05) is 26.2 Å². The lowest BCUT2D eigenvalue weighted by atomic mass is 10.1. The van der Waals surface area contributed by atoms with Gasteiger partial charge < -0.3 is 0 Å². The fourth-order valence-corrected chi connectivity index (χ4v) is 5.16. The van der Waals surface area contributed by atoms with Gasteiger partial charge in [-0.15, -0.1) is 0 Å². The summed E-state index contributed by atoms with van der Waals surface area (Å²) >= 11 is 0. The first-order valence-electron chi connectivity index (χ1n) is 10.9. The van der Waals surface area contributed by atoms with Gasteiger partial charge in [0.15, 0.2) is 0 Å². The van der Waals surface area contributed by atoms with Crippen LogP contribution in [0.15, 0.2) is 53.4 Å². The number of sulfonamides is 1. The van der Waals surface area contributed by atoms with Gasteiger partial charge in [-0.25, -0.2) is 8.42 Å². The van der Waals surface area contributed by atoms with Crippen LogP contribution in [0.2, 0.25) is 0 Å². The molecule has 2 N–H and O–H groups in total. The Morgan fingerprint density at radius 1 is 0.906 bits per heavy atom. The third kappa shape index (κ3) is 5.73. The van der Waals surface area contributed by atoms with Crippen molar-refractivity contribution < 1.29 is 18.0 Å². The molecule has 0 spiro atoms. The molecule has 172 valence electrons. The molecule has 0 aromatic heterocycles. The molecule has 2 aromatic carbocycles. The van der Waals surface area contributed by atoms with E-state index in [0.717, 1.165) is 38.0 Å². The summed E-state index contributed by atoms with van der Waals surface area (Å²) in [6.45, 7) is 7.89. The average Bonchev–Trinajstić information content (AvgIpc) is 3.37. The van der Waals surface area contributed by atoms with E-state index in [1.807, 2.05) is 12.1 Å². The number of amides is 2. The van der Waals surface area contributed by atoms with Crippen LogP contribution in [0.5, 0.6) is 0 Å². The SMILES string of the molecule is CCN(CC)Cc1ccc(C(=O)NNC(=O)c2cccc(S(=O)(=O)N3CCCC3)c2)cc1. The van der Waals surface area contributed by atoms with Gasteiger partial charge in [-0.3, -0.25) is 25.3 Å². The van der Waals surface area contributed by atoms with Crippen molar-refractivity contribution in [3.8, 4) is 0 Å². The zero-order valence-electron chi connectivity index (χ0n) is 18.5. The second-order valence-corrected chi connectivity index (χ2v) is 9.64. The molecule has 0 aliphatic carbocycles. The third-order valence-electron chi connectivity index (χ3n) is 5.61. The number of nitrogens with one attached hydrogen (secondary N) is 2. The van der Waals surface area contributed by atoms with E-state index in [1.54, 1.807) is 12.1 Å². The van der Waals surface area contributed by atoms with Gasteiger partial charge in [-0.2, -0.15) is 4.31 Å². The smallest absolute Gasteiger partial charge is 0.269 e. The quantitative estimate of drug-likeness (QED) is 0.592. The van der Waals surface area contributed by atoms with E-state index in [-0.39, 0.29) is 10.5 Å². The highest BCUT2D eigenvalue weighted by molar-refractivity contribution is 7.89. The molecule has 1 heterocycles. The molecule has 2 aromatic rings. The monoisotopic (exact) mass is 458 g/mol. The molecule has 3 rings (SSSR count). The summed E-state index contributed by atoms with van der Waals surface area (Å²) in [6.07, 6.45) is 1.67. The minimum atomic E-state index is -3.62. The Morgan fingerprint density at radius 2 is 1.50 bits per heavy atom. The van der Waals surface area contributed by atoms with E-state index in [2.05, 4.69) is 29.6 Å². The molecular formula is C23H30N4O4S. The summed E-state index contributed by atoms with van der Waals surface area (Å²) in [4.78, 5) is 27.2. The Hall–Kier alpha value is -2.75. The first kappa shape index (κ1) is 23.9. The van der Waals surface area contributed by atoms with Crippen molar-refractivity contribution in [3.63, 3.8) is 0 Å². The lowest BCUT2D eigenvalue weighted by Gasteiger charge is -2.18. The molecule has 9 heteroatoms. The van der Waals surface area contributed by atoms with E-state index in [4.69, 9.17) is 0 Å². The minimum Gasteiger partial charge on any atom is -0.300 e. The van der Waals surface area contributed by atoms with Gasteiger partial charge >= 0.3 is 0 Å². The summed E-state index contributed by atoms with van der Waals surface area (Å²) in [6, 6.07) is 13.0. The molecule has 1 saturated heterocycles. The maximum atomic E-state index is 12.7. The second-order valence-electron chi connectivity index (χ2n) is 7.71. The van der Waals surface area contributed by atoms with Crippen LogP contribution in [0, 0.1) is 0 Å². The molecule has 32 heavy (non-hydrogen) atoms. The van der Waals surface area contributed by atoms with Crippen LogP contribution in [-0.4, -0.2) is 55.6 Å². The predicted octanol–water partition coefficient (Wildman–Crippen LogP) is 2.39. The van der Waals surface area contributed by atoms with E-state index < -0.39 is 21.8 Å². The number of carbonyl (C=O) groups excluding carboxylic acids is 2. The number of carbonyl (C=O) groups is 2. The molecule has 1 aliphatic rings. The Bertz CT molecular complexity index is 1040. The van der Waals surface area contributed by atoms with Gasteiger partial charge in [0.2, 0.25) is 10.0 Å². The first-order chi connectivity index (χ1) is 15.3. The molecule has 0 radical (unpaired) electrons. The van der Waals surface area contributed by atoms with Crippen molar-refractivity contribution in [2.45, 2.75) is 38.1 Å². The molecule has 2 amide bonds. The van der Waals surface area contributed by atoms with E-state index in [0.29, 0.717) is 18.7 Å². The zero-order valence-corrected chi connectivity index (χ0v) is 19.3. The molecule has 1 aliphatic heterocycles. The van der Waals surface area contributed by atoms with Crippen LogP contribution in [0.4, 0.5) is 0 Å². The van der Waals surface area contributed by atoms with Crippen LogP contribution in [0.3, 0.4) is 0 Å². The largest absolute Gasteiger partial charge is 0.300 e. The number of hydrazine groups is 1. The Balaban J connectivity index is 1.60. The number of benzene rings is 2. The van der Waals surface area contributed by atoms with Crippen molar-refractivity contribution in [3.05, 3.63) is 65.2 Å². The van der Waals surface area contributed by atoms with Crippen LogP contribution in [0.1, 0.15) is 53.0 Å². The van der Waals surface area contributed by atoms with Gasteiger partial charge in [-0.1, -0.05) is 32.0 Å². The molecule has 1 fully saturated rings. The molecule has 0 saturated carbocycles. The van der Waals surface area contributed by atoms with E-state index in [1.165, 1.54) is 28.6 Å². The van der Waals surface area contributed by atoms with E-state index >= 15 is 0 Å². The van der Waals surface area contributed by atoms with Crippen molar-refractivity contribution in [2.24, 2.45) is 0 Å². The molecule has 0 atom stereocenters. The first-order valence-corrected chi connectivity index (χ1v) is 12.3. The third-order valence-corrected chi connectivity index (χ3v) is 7.50. The number of hydrogen-bond acceptors (Lipinski definition) is 5. The fourth-order valence-electron chi connectivity index (χ4n) is 3.60. The Labute approximate surface area is 189 Å². The van der Waals surface area contributed by atoms with Crippen LogP contribution in [-0.2, 0) is 16.6 Å². The lowest BCUT2D eigenvalue weighted by molar-refractivity contribution is 0.0846. The van der Waals surface area contributed by atoms with Crippen LogP contribution in [0.25, 0.3) is 0 Å². The highest BCUT2D eigenvalue weighted by Crippen LogP contribution is 2.21. The van der Waals surface area contributed by atoms with E-state index in [9.17, 15) is 18.0 Å². The van der Waals surface area contributed by atoms with Crippen molar-refractivity contribution in [1.29, 1.82) is 0 Å². The Kier molecular flexibility index (Phi) is 8.00. The van der Waals surface area contributed by atoms with Gasteiger partial charge in [-0.05, 0) is 61.8 Å². The number of hydrogen-bond donors (Lipinski definition) is 2. The lowest BCUT2D eigenvalue weighted by Crippen LogP contribution is -2.41. The molecule has 0 unspecified atom stereocenters. The summed E-state index contributed by atoms with van der Waals surface area (Å²) in [5.41, 5.74) is 6.41. The topological polar surface area (TPSA) is 98.8 Å². The van der Waals surface area contributed by atoms with Crippen molar-refractivity contribution >= 4 is 21.8 Å². The molecular weight excluding hydrogens is 428 g/mol. The molecule has 0 bridgehead atoms. The predicted molar refractivity (Wildman–Crippen MR) is 122 cm³/mol. The average molecular weight is 459 g/mol. The highest BCUT2D eigenvalue weighted by atomic mass is 32.2. The standard InChI is InChI=1S/C23H30N4O4S/c1-3-26(4-2)17-18-10-12-19(13-11-18)22(28)24-25-23(29)20-8-7-9-21(16-20)32(30,31)27-14-5-6-15-27/h7-13,16H,3-6,14-15,17H2,1-2H3,(H,24,28)(H,25,29). The van der Waals surface area contributed by atoms with Gasteiger partial charge in [0, 0.05) is 30.8 Å². The summed E-state index contributed by atoms with van der Waals surface area (Å²) in [5.74, 6) is -1.04.